The van der Waals surface area contributed by atoms with E-state index in [1.807, 2.05) is 59.5 Å². The van der Waals surface area contributed by atoms with Gasteiger partial charge in [0, 0.05) is 25.3 Å². The zero-order chi connectivity index (χ0) is 25.4. The maximum Gasteiger partial charge on any atom is 0.243 e. The lowest BCUT2D eigenvalue weighted by molar-refractivity contribution is -0.117. The Morgan fingerprint density at radius 1 is 0.861 bits per heavy atom. The highest BCUT2D eigenvalue weighted by Crippen LogP contribution is 2.21. The Morgan fingerprint density at radius 3 is 2.25 bits per heavy atom. The molecule has 0 saturated carbocycles. The van der Waals surface area contributed by atoms with Crippen molar-refractivity contribution in [1.29, 1.82) is 0 Å². The summed E-state index contributed by atoms with van der Waals surface area (Å²) < 4.78 is 38.5. The van der Waals surface area contributed by atoms with E-state index in [-0.39, 0.29) is 17.3 Å². The molecular weight excluding hydrogens is 478 g/mol. The van der Waals surface area contributed by atoms with Crippen molar-refractivity contribution < 1.29 is 22.7 Å². The summed E-state index contributed by atoms with van der Waals surface area (Å²) in [5.41, 5.74) is 1.77. The van der Waals surface area contributed by atoms with Crippen LogP contribution in [0.2, 0.25) is 0 Å². The highest BCUT2D eigenvalue weighted by molar-refractivity contribution is 7.89. The van der Waals surface area contributed by atoms with Gasteiger partial charge in [-0.15, -0.1) is 0 Å². The van der Waals surface area contributed by atoms with Crippen LogP contribution < -0.4 is 14.8 Å². The number of nitrogens with zero attached hydrogens (tertiary/aromatic N) is 2. The van der Waals surface area contributed by atoms with Gasteiger partial charge in [-0.2, -0.15) is 4.31 Å². The van der Waals surface area contributed by atoms with Crippen molar-refractivity contribution in [1.82, 2.24) is 9.21 Å². The zero-order valence-electron chi connectivity index (χ0n) is 20.3. The van der Waals surface area contributed by atoms with Crippen molar-refractivity contribution in [2.24, 2.45) is 0 Å². The highest BCUT2D eigenvalue weighted by Gasteiger charge is 2.27. The van der Waals surface area contributed by atoms with Crippen LogP contribution in [-0.2, 0) is 21.4 Å². The van der Waals surface area contributed by atoms with Crippen molar-refractivity contribution in [3.05, 3.63) is 84.4 Å². The van der Waals surface area contributed by atoms with Gasteiger partial charge in [0.1, 0.15) is 18.1 Å². The van der Waals surface area contributed by atoms with E-state index < -0.39 is 10.0 Å². The number of sulfonamides is 1. The van der Waals surface area contributed by atoms with Crippen molar-refractivity contribution in [2.45, 2.75) is 17.9 Å². The lowest BCUT2D eigenvalue weighted by Crippen LogP contribution is -2.38. The number of hydrogen-bond donors (Lipinski definition) is 1. The second-order valence-corrected chi connectivity index (χ2v) is 10.5. The summed E-state index contributed by atoms with van der Waals surface area (Å²) >= 11 is 0. The van der Waals surface area contributed by atoms with Crippen LogP contribution in [0.25, 0.3) is 0 Å². The maximum atomic E-state index is 13.0. The number of benzene rings is 3. The smallest absolute Gasteiger partial charge is 0.243 e. The number of hydrogen-bond acceptors (Lipinski definition) is 6. The normalized spacial score (nSPS) is 15.1. The molecule has 3 aromatic rings. The van der Waals surface area contributed by atoms with E-state index in [2.05, 4.69) is 5.32 Å². The molecule has 1 fully saturated rings. The quantitative estimate of drug-likeness (QED) is 0.474. The molecule has 0 aromatic heterocycles. The van der Waals surface area contributed by atoms with Gasteiger partial charge in [0.25, 0.3) is 0 Å². The van der Waals surface area contributed by atoms with Crippen LogP contribution in [0.15, 0.2) is 83.8 Å². The Balaban J connectivity index is 1.26. The average molecular weight is 510 g/mol. The number of amides is 1. The summed E-state index contributed by atoms with van der Waals surface area (Å²) in [6.07, 6.45) is 0.649. The molecular formula is C27H31N3O5S. The number of carbonyl (C=O) groups excluding carboxylic acids is 1. The fourth-order valence-electron chi connectivity index (χ4n) is 4.02. The van der Waals surface area contributed by atoms with E-state index in [0.717, 1.165) is 11.3 Å². The Morgan fingerprint density at radius 2 is 1.56 bits per heavy atom. The summed E-state index contributed by atoms with van der Waals surface area (Å²) in [4.78, 5) is 14.8. The number of methoxy groups -OCH3 is 1. The Bertz CT molecular complexity index is 1230. The molecule has 8 nitrogen and oxygen atoms in total. The molecule has 4 rings (SSSR count). The summed E-state index contributed by atoms with van der Waals surface area (Å²) in [5.74, 6) is 1.19. The lowest BCUT2D eigenvalue weighted by Gasteiger charge is -2.21. The number of rotatable bonds is 9. The van der Waals surface area contributed by atoms with Gasteiger partial charge in [0.05, 0.1) is 18.6 Å². The molecule has 3 aromatic carbocycles. The lowest BCUT2D eigenvalue weighted by atomic mass is 10.2. The summed E-state index contributed by atoms with van der Waals surface area (Å²) in [5, 5.41) is 2.91. The van der Waals surface area contributed by atoms with Crippen molar-refractivity contribution in [3.63, 3.8) is 0 Å². The van der Waals surface area contributed by atoms with Gasteiger partial charge in [-0.1, -0.05) is 30.3 Å². The molecule has 0 bridgehead atoms. The molecule has 1 N–H and O–H groups in total. The van der Waals surface area contributed by atoms with Gasteiger partial charge in [0.2, 0.25) is 15.9 Å². The Labute approximate surface area is 212 Å². The molecule has 0 unspecified atom stereocenters. The number of nitrogens with one attached hydrogen (secondary N) is 1. The molecule has 36 heavy (non-hydrogen) atoms. The van der Waals surface area contributed by atoms with Gasteiger partial charge >= 0.3 is 0 Å². The predicted octanol–water partition coefficient (Wildman–Crippen LogP) is 3.61. The first kappa shape index (κ1) is 25.7. The summed E-state index contributed by atoms with van der Waals surface area (Å²) in [7, 11) is -2.06. The minimum atomic E-state index is -3.60. The maximum absolute atomic E-state index is 13.0. The van der Waals surface area contributed by atoms with Crippen LogP contribution in [0.4, 0.5) is 5.69 Å². The first-order chi connectivity index (χ1) is 17.4. The summed E-state index contributed by atoms with van der Waals surface area (Å²) in [6, 6.07) is 23.6. The average Bonchev–Trinajstić information content (AvgIpc) is 3.15. The van der Waals surface area contributed by atoms with Gasteiger partial charge in [0.15, 0.2) is 0 Å². The van der Waals surface area contributed by atoms with E-state index >= 15 is 0 Å². The van der Waals surface area contributed by atoms with E-state index in [9.17, 15) is 13.2 Å². The first-order valence-electron chi connectivity index (χ1n) is 11.9. The highest BCUT2D eigenvalue weighted by atomic mass is 32.2. The van der Waals surface area contributed by atoms with Crippen LogP contribution in [0.3, 0.4) is 0 Å². The molecule has 1 saturated heterocycles. The molecule has 9 heteroatoms. The first-order valence-corrected chi connectivity index (χ1v) is 13.3. The van der Waals surface area contributed by atoms with Gasteiger partial charge in [-0.05, 0) is 67.1 Å². The fourth-order valence-corrected chi connectivity index (χ4v) is 5.49. The molecule has 1 amide bonds. The number of ether oxygens (including phenoxy) is 2. The zero-order valence-corrected chi connectivity index (χ0v) is 21.1. The third kappa shape index (κ3) is 6.84. The molecule has 0 radical (unpaired) electrons. The second kappa shape index (κ2) is 12.0. The van der Waals surface area contributed by atoms with Crippen molar-refractivity contribution in [3.8, 4) is 11.5 Å². The molecule has 0 aliphatic carbocycles. The summed E-state index contributed by atoms with van der Waals surface area (Å²) in [6.45, 7) is 2.55. The number of carbonyl (C=O) groups is 1. The van der Waals surface area contributed by atoms with Crippen LogP contribution in [0, 0.1) is 0 Å². The van der Waals surface area contributed by atoms with Crippen LogP contribution in [0.5, 0.6) is 11.5 Å². The largest absolute Gasteiger partial charge is 0.497 e. The fraction of sp³-hybridized carbons (Fsp3) is 0.296. The van der Waals surface area contributed by atoms with E-state index in [4.69, 9.17) is 9.47 Å². The minimum Gasteiger partial charge on any atom is -0.497 e. The minimum absolute atomic E-state index is 0.139. The monoisotopic (exact) mass is 509 g/mol. The Kier molecular flexibility index (Phi) is 8.58. The van der Waals surface area contributed by atoms with Crippen molar-refractivity contribution in [2.75, 3.05) is 45.2 Å². The molecule has 0 spiro atoms. The molecule has 190 valence electrons. The van der Waals surface area contributed by atoms with Gasteiger partial charge in [-0.25, -0.2) is 8.42 Å². The predicted molar refractivity (Wildman–Crippen MR) is 139 cm³/mol. The van der Waals surface area contributed by atoms with Gasteiger partial charge in [-0.3, -0.25) is 9.69 Å². The molecule has 0 atom stereocenters. The Hall–Kier alpha value is -3.40. The van der Waals surface area contributed by atoms with E-state index in [1.54, 1.807) is 31.4 Å². The number of anilines is 1. The van der Waals surface area contributed by atoms with Crippen LogP contribution in [-0.4, -0.2) is 63.4 Å². The second-order valence-electron chi connectivity index (χ2n) is 8.56. The van der Waals surface area contributed by atoms with Crippen LogP contribution >= 0.6 is 0 Å². The van der Waals surface area contributed by atoms with Crippen LogP contribution in [0.1, 0.15) is 12.0 Å². The third-order valence-corrected chi connectivity index (χ3v) is 7.91. The SMILES string of the molecule is COc1ccc(S(=O)(=O)N2CCCN(CC(=O)Nc3ccc(OCc4ccccc4)cc3)CC2)cc1. The molecule has 1 aliphatic heterocycles. The van der Waals surface area contributed by atoms with Crippen molar-refractivity contribution >= 4 is 21.6 Å². The topological polar surface area (TPSA) is 88.2 Å². The van der Waals surface area contributed by atoms with E-state index in [1.165, 1.54) is 4.31 Å². The van der Waals surface area contributed by atoms with Gasteiger partial charge < -0.3 is 14.8 Å². The third-order valence-electron chi connectivity index (χ3n) is 6.00. The molecule has 1 heterocycles. The molecule has 1 aliphatic rings. The standard InChI is InChI=1S/C27H31N3O5S/c1-34-24-12-14-26(15-13-24)36(32,33)30-17-5-16-29(18-19-30)20-27(31)28-23-8-10-25(11-9-23)35-21-22-6-3-2-4-7-22/h2-4,6-15H,5,16-21H2,1H3,(H,28,31). The van der Waals surface area contributed by atoms with E-state index in [0.29, 0.717) is 50.6 Å².